The quantitative estimate of drug-likeness (QED) is 0.796. The summed E-state index contributed by atoms with van der Waals surface area (Å²) >= 11 is 0. The molecule has 0 spiro atoms. The molecule has 0 saturated heterocycles. The molecule has 6 nitrogen and oxygen atoms in total. The molecule has 166 valence electrons. The minimum Gasteiger partial charge on any atom is -0.387 e. The van der Waals surface area contributed by atoms with Gasteiger partial charge in [-0.15, -0.1) is 0 Å². The smallest absolute Gasteiger partial charge is 0.159 e. The van der Waals surface area contributed by atoms with Crippen LogP contribution in [-0.4, -0.2) is 45.2 Å². The third-order valence-corrected chi connectivity index (χ3v) is 9.67. The van der Waals surface area contributed by atoms with Crippen molar-refractivity contribution in [1.29, 1.82) is 0 Å². The van der Waals surface area contributed by atoms with Crippen LogP contribution in [0.2, 0.25) is 0 Å². The number of aliphatic hydroxyl groups is 1. The molecule has 1 heterocycles. The SMILES string of the molecule is COCC1(O)CCC2C(CCC3C2CCC2(C)C(C(=O)Cn4nccn4)CCC32)C1. The van der Waals surface area contributed by atoms with Crippen LogP contribution >= 0.6 is 0 Å². The van der Waals surface area contributed by atoms with Crippen molar-refractivity contribution < 1.29 is 14.6 Å². The highest BCUT2D eigenvalue weighted by Gasteiger charge is 2.59. The number of Topliss-reactive ketones (excluding diaryl/α,β-unsaturated/α-hetero) is 1. The summed E-state index contributed by atoms with van der Waals surface area (Å²) in [5.41, 5.74) is -0.471. The normalized spacial score (nSPS) is 45.4. The molecule has 4 fully saturated rings. The fraction of sp³-hybridized carbons (Fsp3) is 0.875. The summed E-state index contributed by atoms with van der Waals surface area (Å²) in [5, 5.41) is 19.2. The molecule has 1 aromatic heterocycles. The van der Waals surface area contributed by atoms with Crippen LogP contribution in [0.5, 0.6) is 0 Å². The number of fused-ring (bicyclic) bond motifs is 5. The van der Waals surface area contributed by atoms with E-state index in [4.69, 9.17) is 4.74 Å². The predicted octanol–water partition coefficient (Wildman–Crippen LogP) is 3.49. The summed E-state index contributed by atoms with van der Waals surface area (Å²) in [6, 6.07) is 0. The summed E-state index contributed by atoms with van der Waals surface area (Å²) in [6.07, 6.45) is 13.4. The van der Waals surface area contributed by atoms with E-state index in [2.05, 4.69) is 17.1 Å². The maximum Gasteiger partial charge on any atom is 0.159 e. The fourth-order valence-electron chi connectivity index (χ4n) is 8.47. The van der Waals surface area contributed by atoms with Gasteiger partial charge in [0.15, 0.2) is 5.78 Å². The van der Waals surface area contributed by atoms with Crippen molar-refractivity contribution in [2.24, 2.45) is 40.9 Å². The van der Waals surface area contributed by atoms with Crippen molar-refractivity contribution >= 4 is 5.78 Å². The number of methoxy groups -OCH3 is 1. The van der Waals surface area contributed by atoms with Crippen molar-refractivity contribution in [3.63, 3.8) is 0 Å². The minimum atomic E-state index is -0.614. The monoisotopic (exact) mass is 415 g/mol. The van der Waals surface area contributed by atoms with Crippen molar-refractivity contribution in [2.45, 2.75) is 76.9 Å². The van der Waals surface area contributed by atoms with E-state index in [9.17, 15) is 9.90 Å². The Bertz CT molecular complexity index is 768. The van der Waals surface area contributed by atoms with Gasteiger partial charge in [-0.25, -0.2) is 0 Å². The molecule has 0 amide bonds. The summed E-state index contributed by atoms with van der Waals surface area (Å²) in [5.74, 6) is 4.12. The Morgan fingerprint density at radius 1 is 1.07 bits per heavy atom. The van der Waals surface area contributed by atoms with Gasteiger partial charge in [-0.2, -0.15) is 15.0 Å². The maximum atomic E-state index is 13.2. The zero-order chi connectivity index (χ0) is 20.9. The van der Waals surface area contributed by atoms with E-state index in [1.165, 1.54) is 32.1 Å². The van der Waals surface area contributed by atoms with Crippen molar-refractivity contribution in [2.75, 3.05) is 13.7 Å². The highest BCUT2D eigenvalue weighted by Crippen LogP contribution is 2.64. The molecule has 8 atom stereocenters. The number of hydrogen-bond acceptors (Lipinski definition) is 5. The Kier molecular flexibility index (Phi) is 5.29. The van der Waals surface area contributed by atoms with Gasteiger partial charge in [0.05, 0.1) is 24.6 Å². The Balaban J connectivity index is 1.29. The van der Waals surface area contributed by atoms with Crippen LogP contribution in [0.15, 0.2) is 12.4 Å². The molecule has 30 heavy (non-hydrogen) atoms. The summed E-state index contributed by atoms with van der Waals surface area (Å²) in [6.45, 7) is 3.20. The van der Waals surface area contributed by atoms with Crippen LogP contribution < -0.4 is 0 Å². The number of hydrogen-bond donors (Lipinski definition) is 1. The van der Waals surface area contributed by atoms with Gasteiger partial charge in [0.2, 0.25) is 0 Å². The second kappa shape index (κ2) is 7.70. The molecule has 0 aliphatic heterocycles. The largest absolute Gasteiger partial charge is 0.387 e. The first-order chi connectivity index (χ1) is 14.4. The molecule has 8 unspecified atom stereocenters. The number of aromatic nitrogens is 3. The number of carbonyl (C=O) groups excluding carboxylic acids is 1. The fourth-order valence-corrected chi connectivity index (χ4v) is 8.47. The molecule has 5 rings (SSSR count). The predicted molar refractivity (Wildman–Crippen MR) is 112 cm³/mol. The van der Waals surface area contributed by atoms with E-state index < -0.39 is 5.60 Å². The van der Waals surface area contributed by atoms with Gasteiger partial charge in [0, 0.05) is 13.0 Å². The first-order valence-corrected chi connectivity index (χ1v) is 12.0. The number of carbonyl (C=O) groups is 1. The zero-order valence-electron chi connectivity index (χ0n) is 18.5. The first kappa shape index (κ1) is 20.6. The first-order valence-electron chi connectivity index (χ1n) is 12.0. The second-order valence-corrected chi connectivity index (χ2v) is 11.0. The van der Waals surface area contributed by atoms with Gasteiger partial charge in [0.1, 0.15) is 6.54 Å². The van der Waals surface area contributed by atoms with Gasteiger partial charge < -0.3 is 9.84 Å². The van der Waals surface area contributed by atoms with E-state index in [0.29, 0.717) is 30.8 Å². The molecular weight excluding hydrogens is 378 g/mol. The summed E-state index contributed by atoms with van der Waals surface area (Å²) < 4.78 is 5.32. The van der Waals surface area contributed by atoms with Crippen LogP contribution in [-0.2, 0) is 16.1 Å². The lowest BCUT2D eigenvalue weighted by molar-refractivity contribution is -0.137. The Morgan fingerprint density at radius 2 is 1.83 bits per heavy atom. The summed E-state index contributed by atoms with van der Waals surface area (Å²) in [7, 11) is 1.70. The van der Waals surface area contributed by atoms with Crippen LogP contribution in [0.25, 0.3) is 0 Å². The molecule has 0 bridgehead atoms. The Hall–Kier alpha value is -1.27. The van der Waals surface area contributed by atoms with Gasteiger partial charge in [-0.1, -0.05) is 6.92 Å². The van der Waals surface area contributed by atoms with Crippen molar-refractivity contribution in [3.05, 3.63) is 12.4 Å². The molecule has 6 heteroatoms. The van der Waals surface area contributed by atoms with Gasteiger partial charge >= 0.3 is 0 Å². The van der Waals surface area contributed by atoms with Crippen LogP contribution in [0.3, 0.4) is 0 Å². The van der Waals surface area contributed by atoms with Gasteiger partial charge in [0.25, 0.3) is 0 Å². The summed E-state index contributed by atoms with van der Waals surface area (Å²) in [4.78, 5) is 14.7. The molecule has 4 aliphatic rings. The molecule has 0 aromatic carbocycles. The topological polar surface area (TPSA) is 77.2 Å². The highest BCUT2D eigenvalue weighted by atomic mass is 16.5. The van der Waals surface area contributed by atoms with Crippen LogP contribution in [0.4, 0.5) is 0 Å². The lowest BCUT2D eigenvalue weighted by Crippen LogP contribution is -2.52. The molecular formula is C24H37N3O3. The van der Waals surface area contributed by atoms with Crippen LogP contribution in [0, 0.1) is 40.9 Å². The molecule has 1 N–H and O–H groups in total. The number of ether oxygens (including phenoxy) is 1. The maximum absolute atomic E-state index is 13.2. The lowest BCUT2D eigenvalue weighted by Gasteiger charge is -2.57. The lowest BCUT2D eigenvalue weighted by atomic mass is 9.49. The van der Waals surface area contributed by atoms with E-state index in [1.54, 1.807) is 24.3 Å². The number of rotatable bonds is 5. The van der Waals surface area contributed by atoms with E-state index in [-0.39, 0.29) is 11.3 Å². The third-order valence-electron chi connectivity index (χ3n) is 9.67. The average molecular weight is 416 g/mol. The van der Waals surface area contributed by atoms with Gasteiger partial charge in [-0.05, 0) is 92.8 Å². The van der Waals surface area contributed by atoms with Gasteiger partial charge in [-0.3, -0.25) is 4.79 Å². The Labute approximate surface area is 179 Å². The minimum absolute atomic E-state index is 0.143. The number of ketones is 1. The van der Waals surface area contributed by atoms with E-state index in [0.717, 1.165) is 43.4 Å². The highest BCUT2D eigenvalue weighted by molar-refractivity contribution is 5.81. The van der Waals surface area contributed by atoms with Crippen molar-refractivity contribution in [3.8, 4) is 0 Å². The number of nitrogens with zero attached hydrogens (tertiary/aromatic N) is 3. The zero-order valence-corrected chi connectivity index (χ0v) is 18.5. The molecule has 0 radical (unpaired) electrons. The Morgan fingerprint density at radius 3 is 2.60 bits per heavy atom. The van der Waals surface area contributed by atoms with E-state index >= 15 is 0 Å². The standard InChI is InChI=1S/C24H37N3O3/c1-23-9-7-18-17-8-10-24(29,15-30-2)13-16(17)3-4-19(18)20(23)5-6-21(23)22(28)14-27-25-11-12-26-27/h11-12,16-21,29H,3-10,13-15H2,1-2H3. The molecule has 4 saturated carbocycles. The average Bonchev–Trinajstić information content (AvgIpc) is 3.34. The van der Waals surface area contributed by atoms with E-state index in [1.807, 2.05) is 0 Å². The molecule has 4 aliphatic carbocycles. The second-order valence-electron chi connectivity index (χ2n) is 11.0. The van der Waals surface area contributed by atoms with Crippen LogP contribution in [0.1, 0.15) is 64.7 Å². The molecule has 1 aromatic rings. The third kappa shape index (κ3) is 3.35. The van der Waals surface area contributed by atoms with Crippen molar-refractivity contribution in [1.82, 2.24) is 15.0 Å².